The number of hydrogen-bond acceptors (Lipinski definition) is 2. The molecule has 3 heterocycles. The van der Waals surface area contributed by atoms with Gasteiger partial charge in [0.1, 0.15) is 18.4 Å². The van der Waals surface area contributed by atoms with E-state index in [1.54, 1.807) is 6.20 Å². The molecule has 0 N–H and O–H groups in total. The van der Waals surface area contributed by atoms with Gasteiger partial charge in [-0.3, -0.25) is 0 Å². The minimum absolute atomic E-state index is 0.00728. The topological polar surface area (TPSA) is 20.3 Å². The van der Waals surface area contributed by atoms with Crippen LogP contribution in [0.2, 0.25) is 0 Å². The quantitative estimate of drug-likeness (QED) is 0.507. The number of pyridine rings is 1. The second-order valence-corrected chi connectivity index (χ2v) is 6.62. The van der Waals surface area contributed by atoms with Crippen molar-refractivity contribution in [2.45, 2.75) is 20.7 Å². The largest absolute Gasteiger partial charge is 0.455 e. The van der Waals surface area contributed by atoms with Crippen LogP contribution in [0.15, 0.2) is 46.4 Å². The highest BCUT2D eigenvalue weighted by molar-refractivity contribution is 6.83. The van der Waals surface area contributed by atoms with Crippen molar-refractivity contribution in [2.75, 3.05) is 11.9 Å². The van der Waals surface area contributed by atoms with Gasteiger partial charge in [-0.1, -0.05) is 17.6 Å². The van der Waals surface area contributed by atoms with Crippen molar-refractivity contribution in [3.63, 3.8) is 0 Å². The molecule has 1 aromatic carbocycles. The van der Waals surface area contributed by atoms with Gasteiger partial charge < -0.3 is 9.23 Å². The highest BCUT2D eigenvalue weighted by Gasteiger charge is 2.38. The highest BCUT2D eigenvalue weighted by Crippen LogP contribution is 2.38. The van der Waals surface area contributed by atoms with Crippen LogP contribution in [0.5, 0.6) is 0 Å². The number of aromatic nitrogens is 1. The van der Waals surface area contributed by atoms with Gasteiger partial charge >= 0.3 is 6.85 Å². The van der Waals surface area contributed by atoms with Gasteiger partial charge in [0.05, 0.1) is 5.69 Å². The van der Waals surface area contributed by atoms with Crippen molar-refractivity contribution in [1.82, 2.24) is 0 Å². The van der Waals surface area contributed by atoms with Crippen molar-refractivity contribution in [3.8, 4) is 0 Å². The van der Waals surface area contributed by atoms with Crippen molar-refractivity contribution in [2.24, 2.45) is 7.05 Å². The molecule has 1 aliphatic rings. The van der Waals surface area contributed by atoms with Crippen molar-refractivity contribution < 1.29 is 13.1 Å². The maximum absolute atomic E-state index is 7.76. The first-order chi connectivity index (χ1) is 12.7. The number of aryl methyl sites for hydroxylation is 3. The molecule has 0 radical (unpaired) electrons. The summed E-state index contributed by atoms with van der Waals surface area (Å²) in [6.45, 7) is 1.85. The van der Waals surface area contributed by atoms with E-state index >= 15 is 0 Å². The minimum Gasteiger partial charge on any atom is -0.455 e. The molecule has 1 aliphatic heterocycles. The van der Waals surface area contributed by atoms with Crippen molar-refractivity contribution >= 4 is 35.2 Å². The third-order valence-corrected chi connectivity index (χ3v) is 4.92. The van der Waals surface area contributed by atoms with Crippen LogP contribution in [0.25, 0.3) is 17.0 Å². The lowest BCUT2D eigenvalue weighted by Gasteiger charge is -2.29. The molecular formula is C20H22BN2O+. The van der Waals surface area contributed by atoms with Gasteiger partial charge in [0, 0.05) is 21.1 Å². The molecule has 2 aromatic heterocycles. The van der Waals surface area contributed by atoms with Gasteiger partial charge in [0.15, 0.2) is 11.8 Å². The number of rotatable bonds is 1. The number of anilines is 1. The van der Waals surface area contributed by atoms with Gasteiger partial charge in [-0.2, -0.15) is 0 Å². The Labute approximate surface area is 147 Å². The average Bonchev–Trinajstić information content (AvgIpc) is 2.94. The smallest absolute Gasteiger partial charge is 0.399 e. The molecule has 4 rings (SSSR count). The van der Waals surface area contributed by atoms with Crippen LogP contribution in [0, 0.1) is 13.8 Å². The van der Waals surface area contributed by atoms with Crippen LogP contribution in [0.4, 0.5) is 5.69 Å². The third-order valence-electron chi connectivity index (χ3n) is 4.92. The summed E-state index contributed by atoms with van der Waals surface area (Å²) in [6, 6.07) is 10.0. The Hall–Kier alpha value is -2.49. The zero-order chi connectivity index (χ0) is 19.5. The Morgan fingerprint density at radius 3 is 2.79 bits per heavy atom. The zero-order valence-electron chi connectivity index (χ0n) is 17.4. The van der Waals surface area contributed by atoms with Gasteiger partial charge in [-0.05, 0) is 51.5 Å². The number of allylic oxidation sites excluding steroid dienone is 1. The van der Waals surface area contributed by atoms with Crippen LogP contribution in [-0.2, 0) is 7.05 Å². The highest BCUT2D eigenvalue weighted by atomic mass is 16.3. The SMILES string of the molecule is [2H]C([2H])([2H])c1c[n+](C)c(B2C(C)=Cc3oc4ccccc4c3N2C)cc1C. The molecule has 0 atom stereocenters. The van der Waals surface area contributed by atoms with Crippen LogP contribution < -0.4 is 15.0 Å². The first-order valence-electron chi connectivity index (χ1n) is 9.61. The summed E-state index contributed by atoms with van der Waals surface area (Å²) >= 11 is 0. The Morgan fingerprint density at radius 1 is 1.21 bits per heavy atom. The lowest BCUT2D eigenvalue weighted by atomic mass is 9.49. The fourth-order valence-corrected chi connectivity index (χ4v) is 3.71. The van der Waals surface area contributed by atoms with Crippen molar-refractivity contribution in [1.29, 1.82) is 0 Å². The fraction of sp³-hybridized carbons (Fsp3) is 0.250. The first kappa shape index (κ1) is 12.0. The van der Waals surface area contributed by atoms with Gasteiger partial charge in [-0.15, -0.1) is 0 Å². The number of para-hydroxylation sites is 1. The molecule has 0 bridgehead atoms. The Balaban J connectivity index is 1.87. The molecule has 0 fully saturated rings. The molecule has 24 heavy (non-hydrogen) atoms. The summed E-state index contributed by atoms with van der Waals surface area (Å²) in [5.41, 5.74) is 5.32. The minimum atomic E-state index is -2.11. The third kappa shape index (κ3) is 2.09. The van der Waals surface area contributed by atoms with Crippen LogP contribution in [0.1, 0.15) is 27.9 Å². The lowest BCUT2D eigenvalue weighted by molar-refractivity contribution is -0.654. The van der Waals surface area contributed by atoms with Crippen LogP contribution in [-0.4, -0.2) is 13.9 Å². The summed E-state index contributed by atoms with van der Waals surface area (Å²) in [5, 5.41) is 1.09. The second-order valence-electron chi connectivity index (χ2n) is 6.62. The molecule has 3 nitrogen and oxygen atoms in total. The van der Waals surface area contributed by atoms with Gasteiger partial charge in [0.25, 0.3) is 0 Å². The van der Waals surface area contributed by atoms with E-state index in [-0.39, 0.29) is 6.85 Å². The lowest BCUT2D eigenvalue weighted by Crippen LogP contribution is -2.62. The monoisotopic (exact) mass is 320 g/mol. The molecule has 0 saturated carbocycles. The molecule has 4 heteroatoms. The first-order valence-corrected chi connectivity index (χ1v) is 8.11. The molecule has 0 saturated heterocycles. The molecule has 0 amide bonds. The van der Waals surface area contributed by atoms with Gasteiger partial charge in [0.2, 0.25) is 0 Å². The van der Waals surface area contributed by atoms with E-state index < -0.39 is 6.85 Å². The van der Waals surface area contributed by atoms with E-state index in [0.717, 1.165) is 39.0 Å². The summed E-state index contributed by atoms with van der Waals surface area (Å²) in [4.78, 5) is 2.22. The van der Waals surface area contributed by atoms with Crippen LogP contribution >= 0.6 is 0 Å². The van der Waals surface area contributed by atoms with E-state index in [2.05, 4.69) is 30.9 Å². The second kappa shape index (κ2) is 5.27. The van der Waals surface area contributed by atoms with E-state index in [1.807, 2.05) is 42.8 Å². The van der Waals surface area contributed by atoms with Gasteiger partial charge in [-0.25, -0.2) is 4.57 Å². The predicted molar refractivity (Wildman–Crippen MR) is 101 cm³/mol. The zero-order valence-corrected chi connectivity index (χ0v) is 14.4. The van der Waals surface area contributed by atoms with E-state index in [9.17, 15) is 0 Å². The number of furan rings is 1. The summed E-state index contributed by atoms with van der Waals surface area (Å²) in [5.74, 6) is 0.867. The normalized spacial score (nSPS) is 16.5. The molecule has 3 aromatic rings. The molecular weight excluding hydrogens is 295 g/mol. The molecule has 0 unspecified atom stereocenters. The van der Waals surface area contributed by atoms with Crippen molar-refractivity contribution in [3.05, 3.63) is 58.9 Å². The standard InChI is InChI=1S/C20H22BN2O/c1-13-10-19(22(4)12-14(13)2)21-15(3)11-18-20(23(21)5)16-8-6-7-9-17(16)24-18/h6-12H,1-5H3/q+1/i2D3. The van der Waals surface area contributed by atoms with Crippen LogP contribution in [0.3, 0.4) is 0 Å². The fourth-order valence-electron chi connectivity index (χ4n) is 3.71. The maximum atomic E-state index is 7.76. The number of benzene rings is 1. The number of hydrogen-bond donors (Lipinski definition) is 0. The van der Waals surface area contributed by atoms with E-state index in [4.69, 9.17) is 8.53 Å². The Kier molecular flexibility index (Phi) is 2.62. The molecule has 0 aliphatic carbocycles. The number of nitrogens with zero attached hydrogens (tertiary/aromatic N) is 2. The average molecular weight is 320 g/mol. The summed E-state index contributed by atoms with van der Waals surface area (Å²) in [7, 11) is 3.98. The summed E-state index contributed by atoms with van der Waals surface area (Å²) < 4.78 is 31.2. The molecule has 120 valence electrons. The molecule has 0 spiro atoms. The number of fused-ring (bicyclic) bond motifs is 3. The predicted octanol–water partition coefficient (Wildman–Crippen LogP) is 3.17. The Morgan fingerprint density at radius 2 is 2.00 bits per heavy atom. The summed E-state index contributed by atoms with van der Waals surface area (Å²) in [6.07, 6.45) is 3.83. The van der Waals surface area contributed by atoms with E-state index in [1.165, 1.54) is 0 Å². The van der Waals surface area contributed by atoms with E-state index in [0.29, 0.717) is 5.56 Å². The maximum Gasteiger partial charge on any atom is 0.399 e. The Bertz CT molecular complexity index is 1080.